The first-order valence-electron chi connectivity index (χ1n) is 7.08. The first kappa shape index (κ1) is 16.5. The van der Waals surface area contributed by atoms with E-state index >= 15 is 0 Å². The minimum absolute atomic E-state index is 0.00523. The van der Waals surface area contributed by atoms with Gasteiger partial charge in [-0.15, -0.1) is 0 Å². The van der Waals surface area contributed by atoms with Crippen molar-refractivity contribution in [3.8, 4) is 0 Å². The lowest BCUT2D eigenvalue weighted by atomic mass is 9.96. The monoisotopic (exact) mass is 362 g/mol. The van der Waals surface area contributed by atoms with Crippen LogP contribution in [-0.4, -0.2) is 15.7 Å². The molecular weight excluding hydrogens is 351 g/mol. The second-order valence-corrected chi connectivity index (χ2v) is 6.25. The summed E-state index contributed by atoms with van der Waals surface area (Å²) in [7, 11) is 0. The second kappa shape index (κ2) is 5.92. The van der Waals surface area contributed by atoms with Crippen molar-refractivity contribution in [3.63, 3.8) is 0 Å². The number of aromatic amines is 1. The van der Waals surface area contributed by atoms with E-state index < -0.39 is 10.7 Å². The fourth-order valence-corrected chi connectivity index (χ4v) is 3.36. The molecule has 5 nitrogen and oxygen atoms in total. The van der Waals surface area contributed by atoms with Crippen molar-refractivity contribution in [2.45, 2.75) is 13.8 Å². The lowest BCUT2D eigenvalue weighted by Crippen LogP contribution is -2.08. The number of nitrogens with one attached hydrogen (secondary N) is 1. The van der Waals surface area contributed by atoms with Crippen LogP contribution >= 0.6 is 23.2 Å². The van der Waals surface area contributed by atoms with E-state index in [0.29, 0.717) is 10.9 Å². The van der Waals surface area contributed by atoms with Crippen molar-refractivity contribution in [2.75, 3.05) is 0 Å². The third-order valence-corrected chi connectivity index (χ3v) is 4.69. The van der Waals surface area contributed by atoms with Crippen molar-refractivity contribution in [3.05, 3.63) is 72.9 Å². The van der Waals surface area contributed by atoms with Gasteiger partial charge in [-0.25, -0.2) is 0 Å². The molecule has 1 N–H and O–H groups in total. The molecule has 0 radical (unpaired) electrons. The Balaban J connectivity index is 2.41. The highest BCUT2D eigenvalue weighted by molar-refractivity contribution is 6.41. The van der Waals surface area contributed by atoms with Gasteiger partial charge in [0, 0.05) is 22.7 Å². The summed E-state index contributed by atoms with van der Waals surface area (Å²) in [6.07, 6.45) is 0. The molecule has 3 rings (SSSR count). The van der Waals surface area contributed by atoms with E-state index in [-0.39, 0.29) is 26.9 Å². The number of aryl methyl sites for hydroxylation is 2. The van der Waals surface area contributed by atoms with Crippen LogP contribution in [0.25, 0.3) is 10.9 Å². The maximum absolute atomic E-state index is 13.1. The first-order valence-corrected chi connectivity index (χ1v) is 7.83. The van der Waals surface area contributed by atoms with Gasteiger partial charge >= 0.3 is 0 Å². The molecule has 0 spiro atoms. The molecule has 0 fully saturated rings. The fraction of sp³-hybridized carbons (Fsp3) is 0.118. The van der Waals surface area contributed by atoms with Crippen molar-refractivity contribution < 1.29 is 9.72 Å². The zero-order valence-corrected chi connectivity index (χ0v) is 14.3. The van der Waals surface area contributed by atoms with Crippen LogP contribution in [-0.2, 0) is 0 Å². The second-order valence-electron chi connectivity index (χ2n) is 5.44. The third-order valence-electron chi connectivity index (χ3n) is 4.06. The van der Waals surface area contributed by atoms with Gasteiger partial charge in [0.2, 0.25) is 5.78 Å². The van der Waals surface area contributed by atoms with Gasteiger partial charge in [-0.3, -0.25) is 14.9 Å². The van der Waals surface area contributed by atoms with Crippen molar-refractivity contribution in [2.24, 2.45) is 0 Å². The SMILES string of the molecule is Cc1[nH]c2ccc([N+](=O)[O-])c(C(=O)c3c(Cl)cccc3Cl)c2c1C. The largest absolute Gasteiger partial charge is 0.358 e. The highest BCUT2D eigenvalue weighted by Gasteiger charge is 2.29. The molecule has 1 heterocycles. The van der Waals surface area contributed by atoms with Gasteiger partial charge < -0.3 is 4.98 Å². The number of H-pyrrole nitrogens is 1. The molecule has 0 aliphatic carbocycles. The highest BCUT2D eigenvalue weighted by atomic mass is 35.5. The summed E-state index contributed by atoms with van der Waals surface area (Å²) < 4.78 is 0. The van der Waals surface area contributed by atoms with Gasteiger partial charge in [0.05, 0.1) is 20.5 Å². The molecule has 0 aliphatic heterocycles. The van der Waals surface area contributed by atoms with Crippen molar-refractivity contribution >= 4 is 45.6 Å². The number of ketones is 1. The Morgan fingerprint density at radius 3 is 2.29 bits per heavy atom. The number of hydrogen-bond acceptors (Lipinski definition) is 3. The number of rotatable bonds is 3. The number of carbonyl (C=O) groups excluding carboxylic acids is 1. The summed E-state index contributed by atoms with van der Waals surface area (Å²) in [5.41, 5.74) is 2.06. The summed E-state index contributed by atoms with van der Waals surface area (Å²) >= 11 is 12.2. The minimum atomic E-state index is -0.570. The number of benzene rings is 2. The van der Waals surface area contributed by atoms with Crippen LogP contribution in [0.1, 0.15) is 27.2 Å². The Morgan fingerprint density at radius 1 is 1.08 bits per heavy atom. The predicted molar refractivity (Wildman–Crippen MR) is 94.3 cm³/mol. The Kier molecular flexibility index (Phi) is 4.07. The normalized spacial score (nSPS) is 11.0. The molecule has 0 saturated heterocycles. The average molecular weight is 363 g/mol. The van der Waals surface area contributed by atoms with Crippen LogP contribution in [0.3, 0.4) is 0 Å². The molecule has 24 heavy (non-hydrogen) atoms. The maximum Gasteiger partial charge on any atom is 0.281 e. The third kappa shape index (κ3) is 2.46. The quantitative estimate of drug-likeness (QED) is 0.393. The number of fused-ring (bicyclic) bond motifs is 1. The predicted octanol–water partition coefficient (Wildman–Crippen LogP) is 5.23. The lowest BCUT2D eigenvalue weighted by molar-refractivity contribution is -0.385. The number of aromatic nitrogens is 1. The molecule has 3 aromatic rings. The molecule has 7 heteroatoms. The standard InChI is InChI=1S/C17H12Cl2N2O3/c1-8-9(2)20-12-6-7-13(21(23)24)16(14(8)12)17(22)15-10(18)4-3-5-11(15)19/h3-7,20H,1-2H3. The molecule has 1 aromatic heterocycles. The zero-order chi connectivity index (χ0) is 17.6. The van der Waals surface area contributed by atoms with Gasteiger partial charge in [-0.05, 0) is 37.6 Å². The Labute approximate surface area is 147 Å². The Morgan fingerprint density at radius 2 is 1.71 bits per heavy atom. The van der Waals surface area contributed by atoms with E-state index in [9.17, 15) is 14.9 Å². The maximum atomic E-state index is 13.1. The zero-order valence-electron chi connectivity index (χ0n) is 12.8. The minimum Gasteiger partial charge on any atom is -0.358 e. The summed E-state index contributed by atoms with van der Waals surface area (Å²) in [4.78, 5) is 27.1. The number of nitro benzene ring substituents is 1. The number of carbonyl (C=O) groups is 1. The Hall–Kier alpha value is -2.37. The number of nitro groups is 1. The van der Waals surface area contributed by atoms with Gasteiger partial charge in [0.25, 0.3) is 5.69 Å². The molecule has 0 bridgehead atoms. The van der Waals surface area contributed by atoms with E-state index in [1.165, 1.54) is 18.2 Å². The molecule has 0 saturated carbocycles. The highest BCUT2D eigenvalue weighted by Crippen LogP contribution is 2.36. The van der Waals surface area contributed by atoms with Crippen LogP contribution in [0.5, 0.6) is 0 Å². The van der Waals surface area contributed by atoms with Crippen LogP contribution in [0.4, 0.5) is 5.69 Å². The smallest absolute Gasteiger partial charge is 0.281 e. The first-order chi connectivity index (χ1) is 11.3. The average Bonchev–Trinajstić information content (AvgIpc) is 2.81. The molecule has 2 aromatic carbocycles. The molecule has 0 amide bonds. The van der Waals surface area contributed by atoms with Crippen LogP contribution < -0.4 is 0 Å². The topological polar surface area (TPSA) is 76.0 Å². The number of nitrogens with zero attached hydrogens (tertiary/aromatic N) is 1. The Bertz CT molecular complexity index is 988. The van der Waals surface area contributed by atoms with Crippen molar-refractivity contribution in [1.82, 2.24) is 4.98 Å². The van der Waals surface area contributed by atoms with E-state index in [1.807, 2.05) is 13.8 Å². The lowest BCUT2D eigenvalue weighted by Gasteiger charge is -2.09. The van der Waals surface area contributed by atoms with Gasteiger partial charge in [0.1, 0.15) is 5.56 Å². The van der Waals surface area contributed by atoms with E-state index in [1.54, 1.807) is 12.1 Å². The van der Waals surface area contributed by atoms with Gasteiger partial charge in [-0.2, -0.15) is 0 Å². The summed E-state index contributed by atoms with van der Waals surface area (Å²) in [5.74, 6) is -0.565. The summed E-state index contributed by atoms with van der Waals surface area (Å²) in [6.45, 7) is 3.65. The molecular formula is C17H12Cl2N2O3. The van der Waals surface area contributed by atoms with Gasteiger partial charge in [0.15, 0.2) is 0 Å². The van der Waals surface area contributed by atoms with E-state index in [0.717, 1.165) is 11.3 Å². The van der Waals surface area contributed by atoms with Crippen molar-refractivity contribution in [1.29, 1.82) is 0 Å². The molecule has 0 atom stereocenters. The van der Waals surface area contributed by atoms with Crippen LogP contribution in [0.2, 0.25) is 10.0 Å². The van der Waals surface area contributed by atoms with Crippen LogP contribution in [0, 0.1) is 24.0 Å². The number of halogens is 2. The summed E-state index contributed by atoms with van der Waals surface area (Å²) in [6, 6.07) is 7.58. The fourth-order valence-electron chi connectivity index (χ4n) is 2.79. The molecule has 0 unspecified atom stereocenters. The van der Waals surface area contributed by atoms with E-state index in [2.05, 4.69) is 4.98 Å². The van der Waals surface area contributed by atoms with Crippen LogP contribution in [0.15, 0.2) is 30.3 Å². The molecule has 0 aliphatic rings. The number of hydrogen-bond donors (Lipinski definition) is 1. The molecule has 122 valence electrons. The van der Waals surface area contributed by atoms with Gasteiger partial charge in [-0.1, -0.05) is 29.3 Å². The summed E-state index contributed by atoms with van der Waals surface area (Å²) in [5, 5.41) is 12.3. The van der Waals surface area contributed by atoms with E-state index in [4.69, 9.17) is 23.2 Å².